The van der Waals surface area contributed by atoms with Crippen LogP contribution in [-0.2, 0) is 4.79 Å². The summed E-state index contributed by atoms with van der Waals surface area (Å²) in [5.74, 6) is -0.614. The molecule has 1 N–H and O–H groups in total. The van der Waals surface area contributed by atoms with Gasteiger partial charge in [0.25, 0.3) is 17.5 Å². The van der Waals surface area contributed by atoms with Crippen molar-refractivity contribution in [2.75, 3.05) is 13.1 Å². The van der Waals surface area contributed by atoms with Gasteiger partial charge in [-0.2, -0.15) is 0 Å². The highest BCUT2D eigenvalue weighted by Crippen LogP contribution is 2.17. The van der Waals surface area contributed by atoms with Crippen molar-refractivity contribution in [3.63, 3.8) is 0 Å². The summed E-state index contributed by atoms with van der Waals surface area (Å²) >= 11 is 0. The number of carbonyl (C=O) groups is 2. The van der Waals surface area contributed by atoms with E-state index in [0.29, 0.717) is 24.2 Å². The first-order chi connectivity index (χ1) is 14.0. The molecule has 0 radical (unpaired) electrons. The summed E-state index contributed by atoms with van der Waals surface area (Å²) < 4.78 is 0. The van der Waals surface area contributed by atoms with Crippen LogP contribution in [0.3, 0.4) is 0 Å². The highest BCUT2D eigenvalue weighted by molar-refractivity contribution is 6.05. The van der Waals surface area contributed by atoms with Gasteiger partial charge >= 0.3 is 0 Å². The van der Waals surface area contributed by atoms with Crippen LogP contribution in [0.4, 0.5) is 5.69 Å². The molecule has 150 valence electrons. The summed E-state index contributed by atoms with van der Waals surface area (Å²) in [6.45, 7) is 1.30. The molecule has 1 fully saturated rings. The number of likely N-dealkylation sites (tertiary alicyclic amines) is 1. The maximum absolute atomic E-state index is 13.1. The van der Waals surface area contributed by atoms with Crippen molar-refractivity contribution in [3.05, 3.63) is 81.5 Å². The molecule has 1 saturated heterocycles. The van der Waals surface area contributed by atoms with Crippen molar-refractivity contribution >= 4 is 23.6 Å². The molecule has 29 heavy (non-hydrogen) atoms. The summed E-state index contributed by atoms with van der Waals surface area (Å²) in [6, 6.07) is 14.5. The topological polar surface area (TPSA) is 92.5 Å². The Bertz CT molecular complexity index is 899. The third-order valence-electron chi connectivity index (χ3n) is 4.82. The molecule has 1 aliphatic heterocycles. The molecule has 0 bridgehead atoms. The summed E-state index contributed by atoms with van der Waals surface area (Å²) in [7, 11) is 0. The van der Waals surface area contributed by atoms with Crippen LogP contribution in [0.15, 0.2) is 60.3 Å². The number of nitro benzene ring substituents is 1. The molecule has 7 heteroatoms. The van der Waals surface area contributed by atoms with Gasteiger partial charge in [-0.1, -0.05) is 31.0 Å². The van der Waals surface area contributed by atoms with E-state index in [2.05, 4.69) is 5.32 Å². The number of nitrogens with one attached hydrogen (secondary N) is 1. The van der Waals surface area contributed by atoms with Crippen LogP contribution in [0.25, 0.3) is 6.08 Å². The lowest BCUT2D eigenvalue weighted by Gasteiger charge is -2.22. The van der Waals surface area contributed by atoms with Crippen molar-refractivity contribution in [1.82, 2.24) is 10.2 Å². The SMILES string of the molecule is O=C(N/C(=C/c1ccc([N+](=O)[O-])cc1)C(=O)N1CCCCCC1)c1ccccc1. The summed E-state index contributed by atoms with van der Waals surface area (Å²) in [6.07, 6.45) is 5.60. The summed E-state index contributed by atoms with van der Waals surface area (Å²) in [4.78, 5) is 37.9. The maximum Gasteiger partial charge on any atom is 0.270 e. The Morgan fingerprint density at radius 3 is 2.14 bits per heavy atom. The fraction of sp³-hybridized carbons (Fsp3) is 0.273. The fourth-order valence-corrected chi connectivity index (χ4v) is 3.24. The molecule has 3 rings (SSSR count). The fourth-order valence-electron chi connectivity index (χ4n) is 3.24. The lowest BCUT2D eigenvalue weighted by molar-refractivity contribution is -0.384. The number of hydrogen-bond donors (Lipinski definition) is 1. The molecule has 0 aromatic heterocycles. The molecule has 2 amide bonds. The average Bonchev–Trinajstić information content (AvgIpc) is 3.03. The zero-order chi connectivity index (χ0) is 20.6. The standard InChI is InChI=1S/C22H23N3O4/c26-21(18-8-4-3-5-9-18)23-20(22(27)24-14-6-1-2-7-15-24)16-17-10-12-19(13-11-17)25(28)29/h3-5,8-13,16H,1-2,6-7,14-15H2,(H,23,26)/b20-16+. The monoisotopic (exact) mass is 393 g/mol. The molecule has 0 unspecified atom stereocenters. The molecule has 1 heterocycles. The first-order valence-electron chi connectivity index (χ1n) is 9.66. The van der Waals surface area contributed by atoms with Crippen molar-refractivity contribution in [2.45, 2.75) is 25.7 Å². The predicted molar refractivity (Wildman–Crippen MR) is 110 cm³/mol. The van der Waals surface area contributed by atoms with E-state index >= 15 is 0 Å². The van der Waals surface area contributed by atoms with Gasteiger partial charge in [-0.15, -0.1) is 0 Å². The molecule has 0 saturated carbocycles. The average molecular weight is 393 g/mol. The van der Waals surface area contributed by atoms with E-state index in [1.54, 1.807) is 47.4 Å². The Balaban J connectivity index is 1.88. The number of hydrogen-bond acceptors (Lipinski definition) is 4. The number of amides is 2. The van der Waals surface area contributed by atoms with Crippen LogP contribution in [0.2, 0.25) is 0 Å². The van der Waals surface area contributed by atoms with E-state index in [-0.39, 0.29) is 23.2 Å². The maximum atomic E-state index is 13.1. The van der Waals surface area contributed by atoms with E-state index in [0.717, 1.165) is 25.7 Å². The van der Waals surface area contributed by atoms with Gasteiger partial charge in [-0.3, -0.25) is 19.7 Å². The molecule has 1 aliphatic rings. The van der Waals surface area contributed by atoms with Crippen LogP contribution in [-0.4, -0.2) is 34.7 Å². The number of carbonyl (C=O) groups excluding carboxylic acids is 2. The molecule has 2 aromatic rings. The smallest absolute Gasteiger partial charge is 0.270 e. The van der Waals surface area contributed by atoms with Crippen LogP contribution in [0.5, 0.6) is 0 Å². The Kier molecular flexibility index (Phi) is 6.73. The highest BCUT2D eigenvalue weighted by atomic mass is 16.6. The van der Waals surface area contributed by atoms with Crippen molar-refractivity contribution in [3.8, 4) is 0 Å². The van der Waals surface area contributed by atoms with Gasteiger partial charge in [0, 0.05) is 30.8 Å². The number of benzene rings is 2. The van der Waals surface area contributed by atoms with Crippen molar-refractivity contribution in [2.24, 2.45) is 0 Å². The Labute approximate surface area is 169 Å². The lowest BCUT2D eigenvalue weighted by atomic mass is 10.1. The third kappa shape index (κ3) is 5.51. The Hall–Kier alpha value is -3.48. The molecular weight excluding hydrogens is 370 g/mol. The largest absolute Gasteiger partial charge is 0.337 e. The van der Waals surface area contributed by atoms with Crippen molar-refractivity contribution < 1.29 is 14.5 Å². The second kappa shape index (κ2) is 9.64. The van der Waals surface area contributed by atoms with Crippen LogP contribution < -0.4 is 5.32 Å². The lowest BCUT2D eigenvalue weighted by Crippen LogP contribution is -2.39. The van der Waals surface area contributed by atoms with Gasteiger partial charge in [0.05, 0.1) is 4.92 Å². The Morgan fingerprint density at radius 1 is 0.931 bits per heavy atom. The molecule has 2 aromatic carbocycles. The second-order valence-electron chi connectivity index (χ2n) is 6.93. The van der Waals surface area contributed by atoms with Gasteiger partial charge in [0.2, 0.25) is 0 Å². The van der Waals surface area contributed by atoms with Gasteiger partial charge in [-0.25, -0.2) is 0 Å². The molecular formula is C22H23N3O4. The zero-order valence-electron chi connectivity index (χ0n) is 16.0. The van der Waals surface area contributed by atoms with Crippen LogP contribution in [0.1, 0.15) is 41.6 Å². The van der Waals surface area contributed by atoms with Gasteiger partial charge < -0.3 is 10.2 Å². The number of nitrogens with zero attached hydrogens (tertiary/aromatic N) is 2. The van der Waals surface area contributed by atoms with Crippen molar-refractivity contribution in [1.29, 1.82) is 0 Å². The quantitative estimate of drug-likeness (QED) is 0.475. The minimum absolute atomic E-state index is 0.0316. The number of nitro groups is 1. The second-order valence-corrected chi connectivity index (χ2v) is 6.93. The first-order valence-corrected chi connectivity index (χ1v) is 9.66. The van der Waals surface area contributed by atoms with Crippen LogP contribution >= 0.6 is 0 Å². The number of rotatable bonds is 5. The van der Waals surface area contributed by atoms with Gasteiger partial charge in [0.1, 0.15) is 5.70 Å². The minimum Gasteiger partial charge on any atom is -0.337 e. The van der Waals surface area contributed by atoms with E-state index in [1.165, 1.54) is 12.1 Å². The minimum atomic E-state index is -0.478. The first kappa shape index (κ1) is 20.3. The van der Waals surface area contributed by atoms with E-state index in [9.17, 15) is 19.7 Å². The predicted octanol–water partition coefficient (Wildman–Crippen LogP) is 3.77. The highest BCUT2D eigenvalue weighted by Gasteiger charge is 2.22. The third-order valence-corrected chi connectivity index (χ3v) is 4.82. The van der Waals surface area contributed by atoms with Crippen LogP contribution in [0, 0.1) is 10.1 Å². The summed E-state index contributed by atoms with van der Waals surface area (Å²) in [5.41, 5.74) is 1.18. The van der Waals surface area contributed by atoms with E-state index in [1.807, 2.05) is 6.07 Å². The van der Waals surface area contributed by atoms with Gasteiger partial charge in [0.15, 0.2) is 0 Å². The van der Waals surface area contributed by atoms with E-state index in [4.69, 9.17) is 0 Å². The number of non-ortho nitro benzene ring substituents is 1. The molecule has 0 aliphatic carbocycles. The van der Waals surface area contributed by atoms with Gasteiger partial charge in [-0.05, 0) is 48.7 Å². The normalized spacial score (nSPS) is 14.8. The molecule has 0 atom stereocenters. The van der Waals surface area contributed by atoms with E-state index < -0.39 is 4.92 Å². The molecule has 7 nitrogen and oxygen atoms in total. The Morgan fingerprint density at radius 2 is 1.55 bits per heavy atom. The zero-order valence-corrected chi connectivity index (χ0v) is 16.0. The summed E-state index contributed by atoms with van der Waals surface area (Å²) in [5, 5.41) is 13.6. The molecule has 0 spiro atoms.